The van der Waals surface area contributed by atoms with Gasteiger partial charge in [-0.05, 0) is 13.6 Å². The second-order valence-electron chi connectivity index (χ2n) is 1.07. The Balaban J connectivity index is 3.15. The summed E-state index contributed by atoms with van der Waals surface area (Å²) in [7, 11) is 0. The lowest BCUT2D eigenvalue weighted by Crippen LogP contribution is -1.60. The fourth-order valence-corrected chi connectivity index (χ4v) is 0.202. The lowest BCUT2D eigenvalue weighted by molar-refractivity contribution is 0.401. The molecular weight excluding hydrogens is 102 g/mol. The smallest absolute Gasteiger partial charge is 0.108 e. The van der Waals surface area contributed by atoms with Crippen molar-refractivity contribution in [3.8, 4) is 0 Å². The van der Waals surface area contributed by atoms with Gasteiger partial charge in [0.1, 0.15) is 6.26 Å². The van der Waals surface area contributed by atoms with E-state index in [2.05, 4.69) is 11.7 Å². The van der Waals surface area contributed by atoms with Crippen molar-refractivity contribution in [2.24, 2.45) is 4.99 Å². The summed E-state index contributed by atoms with van der Waals surface area (Å²) in [6, 6.07) is 0. The Kier molecular flexibility index (Phi) is 5.17. The Morgan fingerprint density at radius 1 is 1.50 bits per heavy atom. The van der Waals surface area contributed by atoms with E-state index < -0.39 is 0 Å². The fourth-order valence-electron chi connectivity index (χ4n) is 0.202. The summed E-state index contributed by atoms with van der Waals surface area (Å²) >= 11 is 0. The van der Waals surface area contributed by atoms with Gasteiger partial charge in [0, 0.05) is 0 Å². The second kappa shape index (κ2) is 5.95. The van der Waals surface area contributed by atoms with Crippen molar-refractivity contribution >= 4 is 6.72 Å². The van der Waals surface area contributed by atoms with Crippen LogP contribution in [-0.2, 0) is 4.74 Å². The number of hydrogen-bond donors (Lipinski definition) is 0. The van der Waals surface area contributed by atoms with Gasteiger partial charge >= 0.3 is 0 Å². The topological polar surface area (TPSA) is 21.6 Å². The molecule has 2 nitrogen and oxygen atoms in total. The molecule has 0 radical (unpaired) electrons. The van der Waals surface area contributed by atoms with Crippen LogP contribution in [0.1, 0.15) is 6.92 Å². The molecular formula is C6H9NO. The Labute approximate surface area is 49.2 Å². The Morgan fingerprint density at radius 2 is 2.25 bits per heavy atom. The molecule has 0 aliphatic heterocycles. The number of ether oxygens (including phenoxy) is 1. The first-order valence-electron chi connectivity index (χ1n) is 2.29. The molecule has 44 valence electrons. The molecule has 0 saturated heterocycles. The van der Waals surface area contributed by atoms with E-state index in [1.54, 1.807) is 12.3 Å². The maximum absolute atomic E-state index is 4.73. The molecule has 0 amide bonds. The monoisotopic (exact) mass is 111 g/mol. The van der Waals surface area contributed by atoms with E-state index in [1.807, 2.05) is 6.92 Å². The highest BCUT2D eigenvalue weighted by atomic mass is 16.5. The van der Waals surface area contributed by atoms with E-state index in [0.29, 0.717) is 0 Å². The molecule has 0 saturated carbocycles. The maximum Gasteiger partial charge on any atom is 0.108 e. The molecule has 0 bridgehead atoms. The van der Waals surface area contributed by atoms with Crippen LogP contribution in [0, 0.1) is 0 Å². The van der Waals surface area contributed by atoms with Crippen molar-refractivity contribution in [1.29, 1.82) is 0 Å². The Bertz CT molecular complexity index is 105. The standard InChI is InChI=1S/C6H9NO/c1-3-5-8-6-4-7-2/h3-6H,2H2,1H3/b5-3-,6-4-. The van der Waals surface area contributed by atoms with E-state index in [4.69, 9.17) is 4.74 Å². The van der Waals surface area contributed by atoms with Crippen LogP contribution in [-0.4, -0.2) is 6.72 Å². The van der Waals surface area contributed by atoms with Crippen molar-refractivity contribution in [3.05, 3.63) is 24.8 Å². The molecule has 0 aliphatic rings. The van der Waals surface area contributed by atoms with Crippen LogP contribution < -0.4 is 0 Å². The zero-order valence-electron chi connectivity index (χ0n) is 4.87. The van der Waals surface area contributed by atoms with Crippen LogP contribution in [0.2, 0.25) is 0 Å². The zero-order valence-corrected chi connectivity index (χ0v) is 4.87. The molecule has 0 N–H and O–H groups in total. The van der Waals surface area contributed by atoms with Gasteiger partial charge in [-0.3, -0.25) is 4.99 Å². The van der Waals surface area contributed by atoms with Gasteiger partial charge in [-0.15, -0.1) is 0 Å². The normalized spacial score (nSPS) is 10.6. The number of hydrogen-bond acceptors (Lipinski definition) is 2. The van der Waals surface area contributed by atoms with E-state index in [-0.39, 0.29) is 0 Å². The average Bonchev–Trinajstić information content (AvgIpc) is 1.81. The van der Waals surface area contributed by atoms with Crippen LogP contribution in [0.4, 0.5) is 0 Å². The minimum Gasteiger partial charge on any atom is -0.471 e. The van der Waals surface area contributed by atoms with Crippen molar-refractivity contribution in [2.75, 3.05) is 0 Å². The number of rotatable bonds is 3. The van der Waals surface area contributed by atoms with Gasteiger partial charge in [0.15, 0.2) is 0 Å². The molecule has 0 aromatic rings. The third-order valence-corrected chi connectivity index (χ3v) is 0.459. The van der Waals surface area contributed by atoms with E-state index >= 15 is 0 Å². The SMILES string of the molecule is C=N/C=C\O/C=C\C. The second-order valence-corrected chi connectivity index (χ2v) is 1.07. The molecule has 0 atom stereocenters. The lowest BCUT2D eigenvalue weighted by atomic mass is 10.7. The molecule has 2 heteroatoms. The summed E-state index contributed by atoms with van der Waals surface area (Å²) in [5.41, 5.74) is 0. The van der Waals surface area contributed by atoms with Gasteiger partial charge in [-0.25, -0.2) is 0 Å². The first-order valence-corrected chi connectivity index (χ1v) is 2.29. The van der Waals surface area contributed by atoms with Gasteiger partial charge in [-0.2, -0.15) is 0 Å². The van der Waals surface area contributed by atoms with Crippen LogP contribution in [0.5, 0.6) is 0 Å². The summed E-state index contributed by atoms with van der Waals surface area (Å²) in [4.78, 5) is 3.42. The first kappa shape index (κ1) is 6.95. The molecule has 0 unspecified atom stereocenters. The average molecular weight is 111 g/mol. The zero-order chi connectivity index (χ0) is 6.24. The molecule has 0 fully saturated rings. The van der Waals surface area contributed by atoms with E-state index in [9.17, 15) is 0 Å². The molecule has 8 heavy (non-hydrogen) atoms. The first-order chi connectivity index (χ1) is 3.91. The van der Waals surface area contributed by atoms with Crippen molar-refractivity contribution < 1.29 is 4.74 Å². The third-order valence-electron chi connectivity index (χ3n) is 0.459. The minimum atomic E-state index is 1.45. The molecule has 0 aliphatic carbocycles. The third kappa shape index (κ3) is 4.95. The highest BCUT2D eigenvalue weighted by molar-refractivity contribution is 5.25. The van der Waals surface area contributed by atoms with Crippen LogP contribution in [0.25, 0.3) is 0 Å². The lowest BCUT2D eigenvalue weighted by Gasteiger charge is -1.82. The minimum absolute atomic E-state index is 1.45. The van der Waals surface area contributed by atoms with Gasteiger partial charge in [0.25, 0.3) is 0 Å². The van der Waals surface area contributed by atoms with Gasteiger partial charge in [-0.1, -0.05) is 6.08 Å². The number of allylic oxidation sites excluding steroid dienone is 1. The largest absolute Gasteiger partial charge is 0.471 e. The molecule has 0 spiro atoms. The summed E-state index contributed by atoms with van der Waals surface area (Å²) in [6.45, 7) is 5.09. The van der Waals surface area contributed by atoms with E-state index in [1.165, 1.54) is 12.5 Å². The Hall–Kier alpha value is -1.05. The van der Waals surface area contributed by atoms with Crippen molar-refractivity contribution in [1.82, 2.24) is 0 Å². The van der Waals surface area contributed by atoms with Gasteiger partial charge in [0.2, 0.25) is 0 Å². The summed E-state index contributed by atoms with van der Waals surface area (Å²) in [6.07, 6.45) is 6.27. The van der Waals surface area contributed by atoms with Crippen molar-refractivity contribution in [3.63, 3.8) is 0 Å². The Morgan fingerprint density at radius 3 is 2.75 bits per heavy atom. The highest BCUT2D eigenvalue weighted by Gasteiger charge is 1.60. The highest BCUT2D eigenvalue weighted by Crippen LogP contribution is 1.78. The van der Waals surface area contributed by atoms with Gasteiger partial charge < -0.3 is 4.74 Å². The molecule has 0 aromatic heterocycles. The van der Waals surface area contributed by atoms with Crippen molar-refractivity contribution in [2.45, 2.75) is 6.92 Å². The van der Waals surface area contributed by atoms with E-state index in [0.717, 1.165) is 0 Å². The summed E-state index contributed by atoms with van der Waals surface area (Å²) < 4.78 is 4.73. The fraction of sp³-hybridized carbons (Fsp3) is 0.167. The summed E-state index contributed by atoms with van der Waals surface area (Å²) in [5, 5.41) is 0. The van der Waals surface area contributed by atoms with Crippen LogP contribution >= 0.6 is 0 Å². The number of aliphatic imine (C=N–C) groups is 1. The molecule has 0 aromatic carbocycles. The number of nitrogens with zero attached hydrogens (tertiary/aromatic N) is 1. The maximum atomic E-state index is 4.73. The van der Waals surface area contributed by atoms with Gasteiger partial charge in [0.05, 0.1) is 12.5 Å². The van der Waals surface area contributed by atoms with Crippen LogP contribution in [0.3, 0.4) is 0 Å². The predicted molar refractivity (Wildman–Crippen MR) is 34.6 cm³/mol. The van der Waals surface area contributed by atoms with Crippen LogP contribution in [0.15, 0.2) is 29.8 Å². The predicted octanol–water partition coefficient (Wildman–Crippen LogP) is 1.71. The molecule has 0 heterocycles. The quantitative estimate of drug-likeness (QED) is 0.401. The molecule has 0 rings (SSSR count). The summed E-state index contributed by atoms with van der Waals surface area (Å²) in [5.74, 6) is 0.